The fourth-order valence-corrected chi connectivity index (χ4v) is 4.36. The van der Waals surface area contributed by atoms with Crippen LogP contribution in [0.2, 0.25) is 0 Å². The molecule has 0 spiro atoms. The van der Waals surface area contributed by atoms with Crippen molar-refractivity contribution in [2.75, 3.05) is 38.6 Å². The van der Waals surface area contributed by atoms with Crippen molar-refractivity contribution < 1.29 is 9.69 Å². The quantitative estimate of drug-likeness (QED) is 0.856. The lowest BCUT2D eigenvalue weighted by Gasteiger charge is -2.46. The van der Waals surface area contributed by atoms with Gasteiger partial charge in [0.05, 0.1) is 19.6 Å². The van der Waals surface area contributed by atoms with Gasteiger partial charge in [0.25, 0.3) is 5.91 Å². The van der Waals surface area contributed by atoms with E-state index in [0.717, 1.165) is 29.6 Å². The van der Waals surface area contributed by atoms with Crippen molar-refractivity contribution in [2.45, 2.75) is 32.2 Å². The van der Waals surface area contributed by atoms with Crippen molar-refractivity contribution >= 4 is 11.6 Å². The highest BCUT2D eigenvalue weighted by Gasteiger charge is 2.42. The van der Waals surface area contributed by atoms with E-state index in [1.54, 1.807) is 4.90 Å². The van der Waals surface area contributed by atoms with E-state index in [1.165, 1.54) is 32.4 Å². The van der Waals surface area contributed by atoms with Crippen LogP contribution in [0.1, 0.15) is 36.5 Å². The molecule has 3 fully saturated rings. The highest BCUT2D eigenvalue weighted by molar-refractivity contribution is 5.94. The summed E-state index contributed by atoms with van der Waals surface area (Å²) in [7, 11) is 4.02. The SMILES string of the molecule is CC[C@H]1C[NH+]2CC[C@H]1C[C@@H]2CNC(=O)c1ccc(N(C)C)cc1. The van der Waals surface area contributed by atoms with Crippen molar-refractivity contribution in [2.24, 2.45) is 11.8 Å². The van der Waals surface area contributed by atoms with Gasteiger partial charge >= 0.3 is 0 Å². The Morgan fingerprint density at radius 1 is 1.30 bits per heavy atom. The predicted molar refractivity (Wildman–Crippen MR) is 94.1 cm³/mol. The first-order valence-corrected chi connectivity index (χ1v) is 8.98. The minimum Gasteiger partial charge on any atom is -0.378 e. The molecule has 3 saturated heterocycles. The van der Waals surface area contributed by atoms with Crippen LogP contribution in [0.25, 0.3) is 0 Å². The Morgan fingerprint density at radius 2 is 2.04 bits per heavy atom. The Bertz CT molecular complexity index is 540. The van der Waals surface area contributed by atoms with Gasteiger partial charge in [-0.15, -0.1) is 0 Å². The van der Waals surface area contributed by atoms with Gasteiger partial charge in [-0.1, -0.05) is 6.92 Å². The van der Waals surface area contributed by atoms with Crippen LogP contribution in [0, 0.1) is 11.8 Å². The summed E-state index contributed by atoms with van der Waals surface area (Å²) in [4.78, 5) is 16.1. The first-order valence-electron chi connectivity index (χ1n) is 8.98. The highest BCUT2D eigenvalue weighted by Crippen LogP contribution is 2.28. The standard InChI is InChI=1S/C19H29N3O/c1-4-14-13-22-10-9-16(14)11-18(22)12-20-19(23)15-5-7-17(8-6-15)21(2)3/h5-8,14,16,18H,4,9-13H2,1-3H3,(H,20,23)/p+1/t14-,16-,18+/m0/s1. The van der Waals surface area contributed by atoms with Crippen LogP contribution in [0.3, 0.4) is 0 Å². The molecule has 4 rings (SSSR count). The predicted octanol–water partition coefficient (Wildman–Crippen LogP) is 1.19. The minimum atomic E-state index is 0.0596. The van der Waals surface area contributed by atoms with E-state index in [-0.39, 0.29) is 5.91 Å². The molecule has 0 aliphatic carbocycles. The van der Waals surface area contributed by atoms with Crippen LogP contribution >= 0.6 is 0 Å². The first kappa shape index (κ1) is 16.3. The van der Waals surface area contributed by atoms with Gasteiger partial charge in [0.2, 0.25) is 0 Å². The zero-order chi connectivity index (χ0) is 16.4. The molecule has 1 amide bonds. The fourth-order valence-electron chi connectivity index (χ4n) is 4.36. The van der Waals surface area contributed by atoms with Crippen molar-refractivity contribution in [1.29, 1.82) is 0 Å². The molecule has 1 aromatic carbocycles. The minimum absolute atomic E-state index is 0.0596. The van der Waals surface area contributed by atoms with Crippen LogP contribution in [0.5, 0.6) is 0 Å². The highest BCUT2D eigenvalue weighted by atomic mass is 16.1. The maximum Gasteiger partial charge on any atom is 0.251 e. The molecule has 0 saturated carbocycles. The lowest BCUT2D eigenvalue weighted by Crippen LogP contribution is -3.20. The van der Waals surface area contributed by atoms with Crippen LogP contribution in [-0.4, -0.2) is 45.7 Å². The van der Waals surface area contributed by atoms with Gasteiger partial charge in [0, 0.05) is 44.1 Å². The van der Waals surface area contributed by atoms with Gasteiger partial charge in [0.1, 0.15) is 6.04 Å². The molecule has 2 N–H and O–H groups in total. The number of carbonyl (C=O) groups is 1. The van der Waals surface area contributed by atoms with E-state index in [4.69, 9.17) is 0 Å². The van der Waals surface area contributed by atoms with Crippen molar-refractivity contribution in [3.63, 3.8) is 0 Å². The maximum absolute atomic E-state index is 12.4. The van der Waals surface area contributed by atoms with E-state index >= 15 is 0 Å². The topological polar surface area (TPSA) is 36.8 Å². The van der Waals surface area contributed by atoms with Gasteiger partial charge in [-0.25, -0.2) is 0 Å². The molecule has 1 unspecified atom stereocenters. The third kappa shape index (κ3) is 3.52. The molecule has 3 aliphatic rings. The Morgan fingerprint density at radius 3 is 2.61 bits per heavy atom. The molecule has 4 atom stereocenters. The van der Waals surface area contributed by atoms with Crippen molar-refractivity contribution in [3.05, 3.63) is 29.8 Å². The lowest BCUT2D eigenvalue weighted by atomic mass is 9.74. The van der Waals surface area contributed by atoms with E-state index in [0.29, 0.717) is 6.04 Å². The molecular weight excluding hydrogens is 286 g/mol. The molecule has 2 bridgehead atoms. The van der Waals surface area contributed by atoms with E-state index in [1.807, 2.05) is 43.3 Å². The molecular formula is C19H30N3O+. The van der Waals surface area contributed by atoms with Crippen molar-refractivity contribution in [3.8, 4) is 0 Å². The molecule has 0 aromatic heterocycles. The number of nitrogens with zero attached hydrogens (tertiary/aromatic N) is 1. The summed E-state index contributed by atoms with van der Waals surface area (Å²) in [6.45, 7) is 5.73. The Hall–Kier alpha value is -1.55. The number of amides is 1. The number of fused-ring (bicyclic) bond motifs is 3. The third-order valence-corrected chi connectivity index (χ3v) is 5.87. The number of rotatable bonds is 5. The number of hydrogen-bond acceptors (Lipinski definition) is 2. The Labute approximate surface area is 139 Å². The molecule has 126 valence electrons. The number of anilines is 1. The van der Waals surface area contributed by atoms with Crippen LogP contribution < -0.4 is 15.1 Å². The average molecular weight is 316 g/mol. The number of benzene rings is 1. The maximum atomic E-state index is 12.4. The van der Waals surface area contributed by atoms with Crippen LogP contribution in [0.15, 0.2) is 24.3 Å². The molecule has 3 heterocycles. The number of hydrogen-bond donors (Lipinski definition) is 2. The number of piperidine rings is 3. The van der Waals surface area contributed by atoms with Gasteiger partial charge in [0.15, 0.2) is 0 Å². The summed E-state index contributed by atoms with van der Waals surface area (Å²) in [6.07, 6.45) is 3.98. The van der Waals surface area contributed by atoms with Crippen molar-refractivity contribution in [1.82, 2.24) is 5.32 Å². The van der Waals surface area contributed by atoms with Gasteiger partial charge in [-0.3, -0.25) is 4.79 Å². The normalized spacial score (nSPS) is 29.3. The monoisotopic (exact) mass is 316 g/mol. The summed E-state index contributed by atoms with van der Waals surface area (Å²) in [6, 6.07) is 8.44. The summed E-state index contributed by atoms with van der Waals surface area (Å²) >= 11 is 0. The van der Waals surface area contributed by atoms with E-state index in [9.17, 15) is 4.79 Å². The summed E-state index contributed by atoms with van der Waals surface area (Å²) in [5.74, 6) is 1.85. The first-order chi connectivity index (χ1) is 11.1. The smallest absolute Gasteiger partial charge is 0.251 e. The Balaban J connectivity index is 1.53. The average Bonchev–Trinajstić information content (AvgIpc) is 2.60. The molecule has 4 nitrogen and oxygen atoms in total. The number of carbonyl (C=O) groups excluding carboxylic acids is 1. The number of quaternary nitrogens is 1. The van der Waals surface area contributed by atoms with E-state index < -0.39 is 0 Å². The molecule has 0 radical (unpaired) electrons. The second kappa shape index (κ2) is 6.91. The Kier molecular flexibility index (Phi) is 4.90. The lowest BCUT2D eigenvalue weighted by molar-refractivity contribution is -0.945. The van der Waals surface area contributed by atoms with E-state index in [2.05, 4.69) is 12.2 Å². The largest absolute Gasteiger partial charge is 0.378 e. The zero-order valence-electron chi connectivity index (χ0n) is 14.6. The summed E-state index contributed by atoms with van der Waals surface area (Å²) in [5.41, 5.74) is 1.88. The molecule has 1 aromatic rings. The second-order valence-electron chi connectivity index (χ2n) is 7.41. The summed E-state index contributed by atoms with van der Waals surface area (Å²) < 4.78 is 0. The molecule has 3 aliphatic heterocycles. The van der Waals surface area contributed by atoms with Crippen LogP contribution in [-0.2, 0) is 0 Å². The summed E-state index contributed by atoms with van der Waals surface area (Å²) in [5, 5.41) is 3.16. The van der Waals surface area contributed by atoms with Gasteiger partial charge < -0.3 is 15.1 Å². The van der Waals surface area contributed by atoms with Gasteiger partial charge in [-0.05, 0) is 36.6 Å². The second-order valence-corrected chi connectivity index (χ2v) is 7.41. The molecule has 23 heavy (non-hydrogen) atoms. The van der Waals surface area contributed by atoms with Gasteiger partial charge in [-0.2, -0.15) is 0 Å². The third-order valence-electron chi connectivity index (χ3n) is 5.87. The molecule has 4 heteroatoms. The zero-order valence-corrected chi connectivity index (χ0v) is 14.6. The van der Waals surface area contributed by atoms with Crippen LogP contribution in [0.4, 0.5) is 5.69 Å². The fraction of sp³-hybridized carbons (Fsp3) is 0.632. The number of nitrogens with one attached hydrogen (secondary N) is 2.